The summed E-state index contributed by atoms with van der Waals surface area (Å²) in [7, 11) is 2.01. The number of benzene rings is 1. The third kappa shape index (κ3) is 3.55. The summed E-state index contributed by atoms with van der Waals surface area (Å²) in [5.74, 6) is 0.764. The molecule has 1 N–H and O–H groups in total. The number of carbonyl (C=O) groups is 3. The zero-order valence-corrected chi connectivity index (χ0v) is 15.1. The summed E-state index contributed by atoms with van der Waals surface area (Å²) in [5.41, 5.74) is 0.758. The largest absolute Gasteiger partial charge is 0.454 e. The Bertz CT molecular complexity index is 775. The highest BCUT2D eigenvalue weighted by Crippen LogP contribution is 2.33. The molecule has 3 aliphatic heterocycles. The van der Waals surface area contributed by atoms with Crippen molar-refractivity contribution in [1.29, 1.82) is 0 Å². The molecule has 27 heavy (non-hydrogen) atoms. The number of nitrogens with zero attached hydrogens (tertiary/aromatic N) is 3. The molecule has 0 saturated carbocycles. The summed E-state index contributed by atoms with van der Waals surface area (Å²) < 4.78 is 10.6. The van der Waals surface area contributed by atoms with Crippen molar-refractivity contribution in [3.05, 3.63) is 23.8 Å². The van der Waals surface area contributed by atoms with Gasteiger partial charge in [0.25, 0.3) is 5.91 Å². The second-order valence-electron chi connectivity index (χ2n) is 7.00. The predicted octanol–water partition coefficient (Wildman–Crippen LogP) is -0.000200. The van der Waals surface area contributed by atoms with Gasteiger partial charge < -0.3 is 24.6 Å². The van der Waals surface area contributed by atoms with Crippen LogP contribution in [-0.4, -0.2) is 78.6 Å². The van der Waals surface area contributed by atoms with Gasteiger partial charge in [-0.15, -0.1) is 0 Å². The van der Waals surface area contributed by atoms with E-state index in [2.05, 4.69) is 10.2 Å². The second-order valence-corrected chi connectivity index (χ2v) is 7.00. The van der Waals surface area contributed by atoms with Crippen molar-refractivity contribution in [2.75, 3.05) is 40.0 Å². The van der Waals surface area contributed by atoms with Crippen LogP contribution in [0.1, 0.15) is 12.0 Å². The molecule has 9 heteroatoms. The quantitative estimate of drug-likeness (QED) is 0.746. The summed E-state index contributed by atoms with van der Waals surface area (Å²) in [6.07, 6.45) is -0.00801. The molecule has 1 atom stereocenters. The number of nitrogens with one attached hydrogen (secondary N) is 1. The van der Waals surface area contributed by atoms with Gasteiger partial charge in [-0.05, 0) is 24.7 Å². The van der Waals surface area contributed by atoms with Gasteiger partial charge in [0.1, 0.15) is 6.04 Å². The van der Waals surface area contributed by atoms with Gasteiger partial charge in [0.15, 0.2) is 11.5 Å². The third-order valence-corrected chi connectivity index (χ3v) is 5.12. The average molecular weight is 374 g/mol. The summed E-state index contributed by atoms with van der Waals surface area (Å²) >= 11 is 0. The highest BCUT2D eigenvalue weighted by Gasteiger charge is 2.40. The van der Waals surface area contributed by atoms with Crippen molar-refractivity contribution < 1.29 is 23.9 Å². The summed E-state index contributed by atoms with van der Waals surface area (Å²) in [6, 6.07) is 4.01. The fourth-order valence-corrected chi connectivity index (χ4v) is 3.45. The fourth-order valence-electron chi connectivity index (χ4n) is 3.45. The molecule has 3 aliphatic rings. The van der Waals surface area contributed by atoms with Crippen molar-refractivity contribution in [1.82, 2.24) is 20.0 Å². The van der Waals surface area contributed by atoms with Crippen LogP contribution in [0.5, 0.6) is 11.5 Å². The van der Waals surface area contributed by atoms with Gasteiger partial charge in [-0.25, -0.2) is 4.79 Å². The van der Waals surface area contributed by atoms with Gasteiger partial charge in [-0.1, -0.05) is 6.07 Å². The Balaban J connectivity index is 1.37. The van der Waals surface area contributed by atoms with Gasteiger partial charge in [0.2, 0.25) is 12.7 Å². The van der Waals surface area contributed by atoms with Crippen molar-refractivity contribution in [3.63, 3.8) is 0 Å². The van der Waals surface area contributed by atoms with Crippen molar-refractivity contribution >= 4 is 17.8 Å². The number of ether oxygens (including phenoxy) is 2. The SMILES string of the molecule is CN1CCN(C(=O)CC2NC(=O)N(Cc3ccc4c(c3)OCO4)C2=O)CC1. The molecule has 2 fully saturated rings. The van der Waals surface area contributed by atoms with Crippen LogP contribution in [0, 0.1) is 0 Å². The molecule has 144 valence electrons. The van der Waals surface area contributed by atoms with E-state index in [1.165, 1.54) is 0 Å². The van der Waals surface area contributed by atoms with E-state index in [0.717, 1.165) is 23.6 Å². The van der Waals surface area contributed by atoms with E-state index in [-0.39, 0.29) is 31.6 Å². The molecule has 0 aliphatic carbocycles. The topological polar surface area (TPSA) is 91.4 Å². The smallest absolute Gasteiger partial charge is 0.325 e. The molecule has 9 nitrogen and oxygen atoms in total. The van der Waals surface area contributed by atoms with Gasteiger partial charge in [0.05, 0.1) is 13.0 Å². The van der Waals surface area contributed by atoms with Crippen LogP contribution in [-0.2, 0) is 16.1 Å². The lowest BCUT2D eigenvalue weighted by molar-refractivity contribution is -0.137. The van der Waals surface area contributed by atoms with E-state index < -0.39 is 12.1 Å². The molecule has 1 unspecified atom stereocenters. The first-order valence-electron chi connectivity index (χ1n) is 8.98. The van der Waals surface area contributed by atoms with Crippen molar-refractivity contribution in [3.8, 4) is 11.5 Å². The van der Waals surface area contributed by atoms with Crippen LogP contribution in [0.3, 0.4) is 0 Å². The Labute approximate surface area is 156 Å². The standard InChI is InChI=1S/C18H22N4O5/c1-20-4-6-21(7-5-20)16(23)9-13-17(24)22(18(25)19-13)10-12-2-3-14-15(8-12)27-11-26-14/h2-3,8,13H,4-7,9-11H2,1H3,(H,19,25). The molecular formula is C18H22N4O5. The van der Waals surface area contributed by atoms with Crippen LogP contribution < -0.4 is 14.8 Å². The highest BCUT2D eigenvalue weighted by molar-refractivity contribution is 6.05. The number of imide groups is 1. The molecule has 0 aromatic heterocycles. The lowest BCUT2D eigenvalue weighted by Crippen LogP contribution is -2.48. The zero-order chi connectivity index (χ0) is 19.0. The maximum atomic E-state index is 12.6. The lowest BCUT2D eigenvalue weighted by Gasteiger charge is -2.32. The lowest BCUT2D eigenvalue weighted by atomic mass is 10.1. The number of likely N-dealkylation sites (N-methyl/N-ethyl adjacent to an activating group) is 1. The third-order valence-electron chi connectivity index (χ3n) is 5.12. The van der Waals surface area contributed by atoms with Crippen LogP contribution in [0.15, 0.2) is 18.2 Å². The summed E-state index contributed by atoms with van der Waals surface area (Å²) in [5, 5.41) is 2.63. The molecule has 2 saturated heterocycles. The summed E-state index contributed by atoms with van der Waals surface area (Å²) in [4.78, 5) is 42.4. The summed E-state index contributed by atoms with van der Waals surface area (Å²) in [6.45, 7) is 3.20. The molecule has 1 aromatic rings. The Morgan fingerprint density at radius 3 is 2.67 bits per heavy atom. The molecule has 1 aromatic carbocycles. The molecule has 0 bridgehead atoms. The Hall–Kier alpha value is -2.81. The normalized spacial score (nSPS) is 22.3. The Kier molecular flexibility index (Phi) is 4.61. The van der Waals surface area contributed by atoms with E-state index in [1.807, 2.05) is 7.05 Å². The number of hydrogen-bond donors (Lipinski definition) is 1. The van der Waals surface area contributed by atoms with Gasteiger partial charge in [0, 0.05) is 26.2 Å². The van der Waals surface area contributed by atoms with Crippen LogP contribution >= 0.6 is 0 Å². The van der Waals surface area contributed by atoms with E-state index in [0.29, 0.717) is 24.6 Å². The highest BCUT2D eigenvalue weighted by atomic mass is 16.7. The predicted molar refractivity (Wildman–Crippen MR) is 94.1 cm³/mol. The van der Waals surface area contributed by atoms with E-state index in [1.54, 1.807) is 23.1 Å². The Morgan fingerprint density at radius 2 is 1.89 bits per heavy atom. The van der Waals surface area contributed by atoms with E-state index >= 15 is 0 Å². The van der Waals surface area contributed by atoms with Gasteiger partial charge >= 0.3 is 6.03 Å². The first kappa shape index (κ1) is 17.6. The van der Waals surface area contributed by atoms with Gasteiger partial charge in [-0.2, -0.15) is 0 Å². The maximum absolute atomic E-state index is 12.6. The van der Waals surface area contributed by atoms with Crippen molar-refractivity contribution in [2.24, 2.45) is 0 Å². The minimum Gasteiger partial charge on any atom is -0.454 e. The van der Waals surface area contributed by atoms with Crippen molar-refractivity contribution in [2.45, 2.75) is 19.0 Å². The first-order chi connectivity index (χ1) is 13.0. The molecule has 0 radical (unpaired) electrons. The minimum atomic E-state index is -0.807. The minimum absolute atomic E-state index is 0.00801. The number of carbonyl (C=O) groups excluding carboxylic acids is 3. The molecule has 4 amide bonds. The number of fused-ring (bicyclic) bond motifs is 1. The fraction of sp³-hybridized carbons (Fsp3) is 0.500. The number of amides is 4. The van der Waals surface area contributed by atoms with Crippen LogP contribution in [0.4, 0.5) is 4.79 Å². The van der Waals surface area contributed by atoms with Crippen LogP contribution in [0.25, 0.3) is 0 Å². The number of hydrogen-bond acceptors (Lipinski definition) is 6. The molecular weight excluding hydrogens is 352 g/mol. The molecule has 4 rings (SSSR count). The van der Waals surface area contributed by atoms with Crippen LogP contribution in [0.2, 0.25) is 0 Å². The molecule has 3 heterocycles. The monoisotopic (exact) mass is 374 g/mol. The van der Waals surface area contributed by atoms with E-state index in [4.69, 9.17) is 9.47 Å². The number of rotatable bonds is 4. The maximum Gasteiger partial charge on any atom is 0.325 e. The average Bonchev–Trinajstić information content (AvgIpc) is 3.22. The second kappa shape index (κ2) is 7.07. The number of urea groups is 1. The van der Waals surface area contributed by atoms with E-state index in [9.17, 15) is 14.4 Å². The van der Waals surface area contributed by atoms with Gasteiger partial charge in [-0.3, -0.25) is 14.5 Å². The zero-order valence-electron chi connectivity index (χ0n) is 15.1. The Morgan fingerprint density at radius 1 is 1.15 bits per heavy atom. The first-order valence-corrected chi connectivity index (χ1v) is 8.98. The number of piperazine rings is 1. The molecule has 0 spiro atoms.